The zero-order valence-electron chi connectivity index (χ0n) is 17.9. The van der Waals surface area contributed by atoms with Crippen molar-refractivity contribution in [2.75, 3.05) is 16.3 Å². The molecule has 1 atom stereocenters. The van der Waals surface area contributed by atoms with Gasteiger partial charge in [-0.05, 0) is 32.9 Å². The molecule has 0 saturated carbocycles. The Hall–Kier alpha value is -3.32. The van der Waals surface area contributed by atoms with E-state index in [1.807, 2.05) is 0 Å². The van der Waals surface area contributed by atoms with E-state index in [1.165, 1.54) is 10.9 Å². The summed E-state index contributed by atoms with van der Waals surface area (Å²) in [6.07, 6.45) is 1.06. The second kappa shape index (κ2) is 9.04. The van der Waals surface area contributed by atoms with Crippen LogP contribution in [0.5, 0.6) is 0 Å². The van der Waals surface area contributed by atoms with Crippen molar-refractivity contribution in [2.45, 2.75) is 26.9 Å². The van der Waals surface area contributed by atoms with Crippen molar-refractivity contribution in [1.82, 2.24) is 29.9 Å². The van der Waals surface area contributed by atoms with Crippen LogP contribution in [0.15, 0.2) is 18.3 Å². The maximum absolute atomic E-state index is 12.5. The number of aromatic nitrogens is 6. The SMILES string of the molecule is Cc1ncc(C(C)OC(=O)Nc2c(-c3ccc(NS(C)(=O)=O)c(C)n3)nnn2C)c(Cl)n1. The lowest BCUT2D eigenvalue weighted by atomic mass is 10.2. The minimum absolute atomic E-state index is 0.197. The van der Waals surface area contributed by atoms with Crippen LogP contribution in [0, 0.1) is 13.8 Å². The third-order valence-electron chi connectivity index (χ3n) is 4.28. The molecule has 3 aromatic heterocycles. The molecule has 3 aromatic rings. The largest absolute Gasteiger partial charge is 0.441 e. The van der Waals surface area contributed by atoms with Gasteiger partial charge in [-0.3, -0.25) is 10.0 Å². The number of amides is 1. The van der Waals surface area contributed by atoms with E-state index in [1.54, 1.807) is 40.0 Å². The van der Waals surface area contributed by atoms with E-state index in [9.17, 15) is 13.2 Å². The Morgan fingerprint density at radius 1 is 1.25 bits per heavy atom. The van der Waals surface area contributed by atoms with Crippen LogP contribution in [0.1, 0.15) is 30.1 Å². The Labute approximate surface area is 189 Å². The molecule has 3 heterocycles. The van der Waals surface area contributed by atoms with Gasteiger partial charge in [0, 0.05) is 18.8 Å². The van der Waals surface area contributed by atoms with Gasteiger partial charge in [0.25, 0.3) is 0 Å². The van der Waals surface area contributed by atoms with Crippen molar-refractivity contribution < 1.29 is 17.9 Å². The molecule has 1 amide bonds. The van der Waals surface area contributed by atoms with Gasteiger partial charge in [0.2, 0.25) is 10.0 Å². The molecule has 0 aliphatic carbocycles. The fraction of sp³-hybridized carbons (Fsp3) is 0.333. The number of hydrogen-bond acceptors (Lipinski definition) is 9. The van der Waals surface area contributed by atoms with Crippen LogP contribution in [0.3, 0.4) is 0 Å². The molecular formula is C18H21ClN8O4S. The summed E-state index contributed by atoms with van der Waals surface area (Å²) in [4.78, 5) is 25.0. The molecule has 170 valence electrons. The number of anilines is 2. The van der Waals surface area contributed by atoms with Crippen molar-refractivity contribution in [3.63, 3.8) is 0 Å². The predicted molar refractivity (Wildman–Crippen MR) is 118 cm³/mol. The number of sulfonamides is 1. The molecule has 0 aromatic carbocycles. The Bertz CT molecular complexity index is 1280. The van der Waals surface area contributed by atoms with E-state index in [4.69, 9.17) is 16.3 Å². The highest BCUT2D eigenvalue weighted by Crippen LogP contribution is 2.27. The second-order valence-electron chi connectivity index (χ2n) is 6.95. The van der Waals surface area contributed by atoms with Crippen LogP contribution in [-0.2, 0) is 21.8 Å². The summed E-state index contributed by atoms with van der Waals surface area (Å²) < 4.78 is 32.1. The highest BCUT2D eigenvalue weighted by atomic mass is 35.5. The molecule has 32 heavy (non-hydrogen) atoms. The van der Waals surface area contributed by atoms with Gasteiger partial charge in [-0.25, -0.2) is 32.8 Å². The van der Waals surface area contributed by atoms with Crippen molar-refractivity contribution >= 4 is 39.2 Å². The van der Waals surface area contributed by atoms with Crippen LogP contribution < -0.4 is 10.0 Å². The molecule has 14 heteroatoms. The van der Waals surface area contributed by atoms with Gasteiger partial charge in [0.1, 0.15) is 17.1 Å². The van der Waals surface area contributed by atoms with Crippen LogP contribution in [-0.4, -0.2) is 50.7 Å². The van der Waals surface area contributed by atoms with Crippen molar-refractivity contribution in [3.8, 4) is 11.4 Å². The van der Waals surface area contributed by atoms with Crippen molar-refractivity contribution in [3.05, 3.63) is 40.6 Å². The van der Waals surface area contributed by atoms with Crippen LogP contribution in [0.4, 0.5) is 16.3 Å². The minimum Gasteiger partial charge on any atom is -0.441 e. The van der Waals surface area contributed by atoms with Crippen LogP contribution in [0.25, 0.3) is 11.4 Å². The van der Waals surface area contributed by atoms with Gasteiger partial charge in [-0.15, -0.1) is 5.10 Å². The standard InChI is InChI=1S/C18H21ClN8O4S/c1-9-13(25-32(5,29)30)6-7-14(21-9)15-17(27(4)26-24-15)23-18(28)31-10(2)12-8-20-11(3)22-16(12)19/h6-8,10,25H,1-5H3,(H,23,28). The number of pyridine rings is 1. The van der Waals surface area contributed by atoms with Gasteiger partial charge < -0.3 is 4.74 Å². The summed E-state index contributed by atoms with van der Waals surface area (Å²) in [6, 6.07) is 3.12. The summed E-state index contributed by atoms with van der Waals surface area (Å²) in [6.45, 7) is 4.98. The maximum Gasteiger partial charge on any atom is 0.413 e. The van der Waals surface area contributed by atoms with E-state index in [2.05, 4.69) is 35.3 Å². The fourth-order valence-corrected chi connectivity index (χ4v) is 3.68. The summed E-state index contributed by atoms with van der Waals surface area (Å²) in [5.74, 6) is 0.741. The number of aryl methyl sites for hydroxylation is 3. The first-order valence-corrected chi connectivity index (χ1v) is 11.5. The normalized spacial score (nSPS) is 12.3. The lowest BCUT2D eigenvalue weighted by molar-refractivity contribution is 0.120. The number of halogens is 1. The summed E-state index contributed by atoms with van der Waals surface area (Å²) >= 11 is 6.11. The Morgan fingerprint density at radius 2 is 1.97 bits per heavy atom. The number of ether oxygens (including phenoxy) is 1. The minimum atomic E-state index is -3.45. The molecule has 0 saturated heterocycles. The zero-order valence-corrected chi connectivity index (χ0v) is 19.5. The van der Waals surface area contributed by atoms with Crippen molar-refractivity contribution in [2.24, 2.45) is 7.05 Å². The summed E-state index contributed by atoms with van der Waals surface area (Å²) in [7, 11) is -1.86. The second-order valence-corrected chi connectivity index (χ2v) is 9.06. The number of carbonyl (C=O) groups excluding carboxylic acids is 1. The van der Waals surface area contributed by atoms with Gasteiger partial charge >= 0.3 is 6.09 Å². The van der Waals surface area contributed by atoms with Gasteiger partial charge in [0.05, 0.1) is 23.3 Å². The lowest BCUT2D eigenvalue weighted by Crippen LogP contribution is -2.19. The lowest BCUT2D eigenvalue weighted by Gasteiger charge is -2.15. The Kier molecular flexibility index (Phi) is 6.60. The zero-order chi connectivity index (χ0) is 23.6. The molecule has 0 radical (unpaired) electrons. The first-order chi connectivity index (χ1) is 14.9. The quantitative estimate of drug-likeness (QED) is 0.506. The monoisotopic (exact) mass is 480 g/mol. The highest BCUT2D eigenvalue weighted by Gasteiger charge is 2.21. The molecule has 0 spiro atoms. The van der Waals surface area contributed by atoms with Gasteiger partial charge in [-0.1, -0.05) is 16.8 Å². The third kappa shape index (κ3) is 5.48. The van der Waals surface area contributed by atoms with Crippen LogP contribution in [0.2, 0.25) is 5.15 Å². The molecule has 0 bridgehead atoms. The van der Waals surface area contributed by atoms with E-state index in [-0.39, 0.29) is 16.7 Å². The average molecular weight is 481 g/mol. The van der Waals surface area contributed by atoms with Crippen LogP contribution >= 0.6 is 11.6 Å². The number of rotatable bonds is 6. The van der Waals surface area contributed by atoms with E-state index >= 15 is 0 Å². The summed E-state index contributed by atoms with van der Waals surface area (Å²) in [5.41, 5.74) is 1.88. The van der Waals surface area contributed by atoms with E-state index < -0.39 is 22.2 Å². The Morgan fingerprint density at radius 3 is 2.59 bits per heavy atom. The number of nitrogens with one attached hydrogen (secondary N) is 2. The smallest absolute Gasteiger partial charge is 0.413 e. The van der Waals surface area contributed by atoms with Gasteiger partial charge in [-0.2, -0.15) is 0 Å². The molecule has 12 nitrogen and oxygen atoms in total. The highest BCUT2D eigenvalue weighted by molar-refractivity contribution is 7.92. The molecule has 1 unspecified atom stereocenters. The van der Waals surface area contributed by atoms with E-state index in [0.717, 1.165) is 6.26 Å². The topological polar surface area (TPSA) is 154 Å². The van der Waals surface area contributed by atoms with Gasteiger partial charge in [0.15, 0.2) is 11.5 Å². The number of carbonyl (C=O) groups is 1. The Balaban J connectivity index is 1.80. The molecule has 0 aliphatic rings. The van der Waals surface area contributed by atoms with Crippen molar-refractivity contribution in [1.29, 1.82) is 0 Å². The first kappa shape index (κ1) is 23.3. The molecule has 0 fully saturated rings. The molecular weight excluding hydrogens is 460 g/mol. The fourth-order valence-electron chi connectivity index (χ4n) is 2.74. The molecule has 0 aliphatic heterocycles. The molecule has 2 N–H and O–H groups in total. The predicted octanol–water partition coefficient (Wildman–Crippen LogP) is 2.62. The van der Waals surface area contributed by atoms with E-state index in [0.29, 0.717) is 28.5 Å². The maximum atomic E-state index is 12.5. The average Bonchev–Trinajstić information content (AvgIpc) is 3.02. The summed E-state index contributed by atoms with van der Waals surface area (Å²) in [5, 5.41) is 10.8. The number of hydrogen-bond donors (Lipinski definition) is 2. The third-order valence-corrected chi connectivity index (χ3v) is 5.17. The molecule has 3 rings (SSSR count). The number of nitrogens with zero attached hydrogens (tertiary/aromatic N) is 6. The first-order valence-electron chi connectivity index (χ1n) is 9.26.